The summed E-state index contributed by atoms with van der Waals surface area (Å²) in [6.07, 6.45) is -0.823. The normalized spacial score (nSPS) is 10.8. The third-order valence-electron chi connectivity index (χ3n) is 1.86. The van der Waals surface area contributed by atoms with Gasteiger partial charge in [0, 0.05) is 6.42 Å². The van der Waals surface area contributed by atoms with Gasteiger partial charge in [-0.1, -0.05) is 0 Å². The van der Waals surface area contributed by atoms with E-state index in [9.17, 15) is 24.0 Å². The van der Waals surface area contributed by atoms with Gasteiger partial charge < -0.3 is 5.11 Å². The van der Waals surface area contributed by atoms with Crippen LogP contribution in [0.4, 0.5) is 0 Å². The molecule has 0 aromatic heterocycles. The number of aliphatic hydroxyl groups excluding tert-OH is 1. The van der Waals surface area contributed by atoms with E-state index in [1.807, 2.05) is 0 Å². The lowest BCUT2D eigenvalue weighted by atomic mass is 10.1. The van der Waals surface area contributed by atoms with Crippen molar-refractivity contribution < 1.29 is 29.1 Å². The van der Waals surface area contributed by atoms with Crippen molar-refractivity contribution in [2.24, 2.45) is 0 Å². The van der Waals surface area contributed by atoms with Crippen molar-refractivity contribution in [1.82, 2.24) is 0 Å². The maximum absolute atomic E-state index is 10.7. The Labute approximate surface area is 118 Å². The van der Waals surface area contributed by atoms with Crippen LogP contribution >= 0.6 is 0 Å². The molecule has 0 amide bonds. The van der Waals surface area contributed by atoms with Crippen molar-refractivity contribution >= 4 is 28.9 Å². The number of hydrogen-bond donors (Lipinski definition) is 1. The molecule has 0 aliphatic rings. The standard InChI is InChI=1S/C7H12O3.C7H10O3/c2*1-5(8)3-7(10)4-6(2)9/h5,8H,3-4H2,1-2H3;3-4H2,1-2H3/t5-;/m1./s1. The highest BCUT2D eigenvalue weighted by atomic mass is 16.3. The van der Waals surface area contributed by atoms with Crippen molar-refractivity contribution in [2.45, 2.75) is 59.5 Å². The molecule has 0 saturated heterocycles. The van der Waals surface area contributed by atoms with Crippen molar-refractivity contribution in [3.8, 4) is 0 Å². The minimum atomic E-state index is -0.633. The van der Waals surface area contributed by atoms with E-state index in [0.29, 0.717) is 0 Å². The van der Waals surface area contributed by atoms with Gasteiger partial charge in [0.1, 0.15) is 28.9 Å². The highest BCUT2D eigenvalue weighted by Crippen LogP contribution is 1.95. The molecule has 0 spiro atoms. The minimum absolute atomic E-state index is 0.0507. The van der Waals surface area contributed by atoms with Crippen LogP contribution in [0.2, 0.25) is 0 Å². The van der Waals surface area contributed by atoms with E-state index in [-0.39, 0.29) is 54.6 Å². The quantitative estimate of drug-likeness (QED) is 0.662. The molecule has 0 fully saturated rings. The summed E-state index contributed by atoms with van der Waals surface area (Å²) < 4.78 is 0. The summed E-state index contributed by atoms with van der Waals surface area (Å²) in [4.78, 5) is 52.2. The van der Waals surface area contributed by atoms with Gasteiger partial charge in [-0.2, -0.15) is 0 Å². The van der Waals surface area contributed by atoms with Crippen LogP contribution in [0.15, 0.2) is 0 Å². The highest BCUT2D eigenvalue weighted by Gasteiger charge is 2.08. The topological polar surface area (TPSA) is 106 Å². The van der Waals surface area contributed by atoms with Gasteiger partial charge in [-0.05, 0) is 27.7 Å². The Bertz CT molecular complexity index is 363. The zero-order chi connectivity index (χ0) is 16.3. The number of carbonyl (C=O) groups is 5. The smallest absolute Gasteiger partial charge is 0.147 e. The highest BCUT2D eigenvalue weighted by molar-refractivity contribution is 6.06. The van der Waals surface area contributed by atoms with Crippen LogP contribution in [0, 0.1) is 0 Å². The zero-order valence-corrected chi connectivity index (χ0v) is 12.4. The fourth-order valence-corrected chi connectivity index (χ4v) is 1.30. The molecule has 0 aliphatic carbocycles. The van der Waals surface area contributed by atoms with Crippen LogP contribution in [0.3, 0.4) is 0 Å². The zero-order valence-electron chi connectivity index (χ0n) is 12.4. The third kappa shape index (κ3) is 18.7. The van der Waals surface area contributed by atoms with E-state index in [2.05, 4.69) is 0 Å². The van der Waals surface area contributed by atoms with Gasteiger partial charge in [0.2, 0.25) is 0 Å². The summed E-state index contributed by atoms with van der Waals surface area (Å²) in [6.45, 7) is 5.55. The van der Waals surface area contributed by atoms with Gasteiger partial charge in [0.15, 0.2) is 0 Å². The largest absolute Gasteiger partial charge is 0.393 e. The molecule has 0 heterocycles. The molecule has 1 atom stereocenters. The van der Waals surface area contributed by atoms with Crippen molar-refractivity contribution in [1.29, 1.82) is 0 Å². The molecular formula is C14H22O6. The van der Waals surface area contributed by atoms with E-state index < -0.39 is 6.10 Å². The Hall–Kier alpha value is -1.69. The molecule has 0 rings (SSSR count). The average molecular weight is 286 g/mol. The van der Waals surface area contributed by atoms with Gasteiger partial charge in [-0.15, -0.1) is 0 Å². The van der Waals surface area contributed by atoms with Gasteiger partial charge >= 0.3 is 0 Å². The van der Waals surface area contributed by atoms with Crippen LogP contribution < -0.4 is 0 Å². The van der Waals surface area contributed by atoms with E-state index in [1.165, 1.54) is 27.7 Å². The summed E-state index contributed by atoms with van der Waals surface area (Å²) in [5.41, 5.74) is 0. The fourth-order valence-electron chi connectivity index (χ4n) is 1.30. The molecule has 0 bridgehead atoms. The second-order valence-electron chi connectivity index (χ2n) is 4.77. The molecular weight excluding hydrogens is 264 g/mol. The number of ketones is 5. The van der Waals surface area contributed by atoms with Crippen LogP contribution in [-0.2, 0) is 24.0 Å². The van der Waals surface area contributed by atoms with Gasteiger partial charge in [-0.25, -0.2) is 0 Å². The Kier molecular flexibility index (Phi) is 11.5. The Morgan fingerprint density at radius 1 is 0.750 bits per heavy atom. The molecule has 0 unspecified atom stereocenters. The molecule has 114 valence electrons. The number of rotatable bonds is 8. The van der Waals surface area contributed by atoms with E-state index in [0.717, 1.165) is 0 Å². The molecule has 0 radical (unpaired) electrons. The number of carbonyl (C=O) groups excluding carboxylic acids is 5. The maximum atomic E-state index is 10.7. The predicted molar refractivity (Wildman–Crippen MR) is 72.2 cm³/mol. The van der Waals surface area contributed by atoms with Crippen molar-refractivity contribution in [2.75, 3.05) is 0 Å². The first-order valence-corrected chi connectivity index (χ1v) is 6.24. The lowest BCUT2D eigenvalue weighted by Gasteiger charge is -1.99. The van der Waals surface area contributed by atoms with E-state index >= 15 is 0 Å². The van der Waals surface area contributed by atoms with E-state index in [4.69, 9.17) is 5.11 Å². The molecule has 1 N–H and O–H groups in total. The summed E-state index contributed by atoms with van der Waals surface area (Å²) in [6, 6.07) is 0. The molecule has 20 heavy (non-hydrogen) atoms. The van der Waals surface area contributed by atoms with Gasteiger partial charge in [0.25, 0.3) is 0 Å². The Balaban J connectivity index is 0. The molecule has 0 aliphatic heterocycles. The monoisotopic (exact) mass is 286 g/mol. The lowest BCUT2D eigenvalue weighted by Crippen LogP contribution is -2.11. The van der Waals surface area contributed by atoms with Crippen molar-refractivity contribution in [3.63, 3.8) is 0 Å². The number of Topliss-reactive ketones (excluding diaryl/α,β-unsaturated/α-hetero) is 5. The molecule has 6 heteroatoms. The first kappa shape index (κ1) is 20.6. The summed E-state index contributed by atoms with van der Waals surface area (Å²) >= 11 is 0. The third-order valence-corrected chi connectivity index (χ3v) is 1.86. The molecule has 0 aromatic rings. The summed E-state index contributed by atoms with van der Waals surface area (Å²) in [7, 11) is 0. The fraction of sp³-hybridized carbons (Fsp3) is 0.643. The number of aliphatic hydroxyl groups is 1. The molecule has 0 aromatic carbocycles. The van der Waals surface area contributed by atoms with Gasteiger partial charge in [0.05, 0.1) is 25.4 Å². The minimum Gasteiger partial charge on any atom is -0.393 e. The number of hydrogen-bond acceptors (Lipinski definition) is 6. The van der Waals surface area contributed by atoms with Crippen molar-refractivity contribution in [3.05, 3.63) is 0 Å². The predicted octanol–water partition coefficient (Wildman–Crippen LogP) is 0.819. The first-order valence-electron chi connectivity index (χ1n) is 6.24. The first-order chi connectivity index (χ1) is 9.04. The van der Waals surface area contributed by atoms with Crippen LogP contribution in [0.5, 0.6) is 0 Å². The van der Waals surface area contributed by atoms with E-state index in [1.54, 1.807) is 0 Å². The van der Waals surface area contributed by atoms with Gasteiger partial charge in [-0.3, -0.25) is 24.0 Å². The Morgan fingerprint density at radius 3 is 1.30 bits per heavy atom. The Morgan fingerprint density at radius 2 is 1.05 bits per heavy atom. The van der Waals surface area contributed by atoms with Crippen LogP contribution in [-0.4, -0.2) is 40.1 Å². The maximum Gasteiger partial charge on any atom is 0.147 e. The summed E-state index contributed by atoms with van der Waals surface area (Å²) in [5.74, 6) is -1.01. The van der Waals surface area contributed by atoms with Crippen LogP contribution in [0.25, 0.3) is 0 Å². The second kappa shape index (κ2) is 11.2. The summed E-state index contributed by atoms with van der Waals surface area (Å²) in [5, 5.41) is 8.70. The SMILES string of the molecule is CC(=O)CC(=O)CC(C)=O.CC(=O)CC(=O)C[C@@H](C)O. The molecule has 0 saturated carbocycles. The lowest BCUT2D eigenvalue weighted by molar-refractivity contribution is -0.130. The van der Waals surface area contributed by atoms with Crippen LogP contribution in [0.1, 0.15) is 53.4 Å². The molecule has 6 nitrogen and oxygen atoms in total. The average Bonchev–Trinajstić information content (AvgIpc) is 2.11. The second-order valence-corrected chi connectivity index (χ2v) is 4.77.